The fourth-order valence-electron chi connectivity index (χ4n) is 1.76. The zero-order valence-electron chi connectivity index (χ0n) is 11.4. The molecule has 1 amide bonds. The first-order chi connectivity index (χ1) is 9.90. The molecule has 7 heteroatoms. The van der Waals surface area contributed by atoms with Crippen LogP contribution in [0.2, 0.25) is 0 Å². The number of hydrogen-bond acceptors (Lipinski definition) is 4. The van der Waals surface area contributed by atoms with Crippen LogP contribution >= 0.6 is 0 Å². The molecule has 114 valence electrons. The quantitative estimate of drug-likeness (QED) is 0.533. The van der Waals surface area contributed by atoms with Crippen molar-refractivity contribution in [3.63, 3.8) is 0 Å². The van der Waals surface area contributed by atoms with E-state index in [1.807, 2.05) is 30.3 Å². The first-order valence-electron chi connectivity index (χ1n) is 6.44. The van der Waals surface area contributed by atoms with Crippen molar-refractivity contribution in [2.45, 2.75) is 31.3 Å². The summed E-state index contributed by atoms with van der Waals surface area (Å²) in [6.45, 7) is 0. The molecule has 0 saturated carbocycles. The average molecular weight is 294 g/mol. The van der Waals surface area contributed by atoms with Crippen LogP contribution in [0, 0.1) is 0 Å². The SMILES string of the molecule is N[C@H](Cc1ccccc1)C(=O)NC(CCC(=O)O)C(=O)O. The van der Waals surface area contributed by atoms with Crippen LogP contribution in [0.3, 0.4) is 0 Å². The number of rotatable bonds is 8. The predicted molar refractivity (Wildman–Crippen MR) is 74.6 cm³/mol. The summed E-state index contributed by atoms with van der Waals surface area (Å²) in [4.78, 5) is 33.3. The molecule has 0 saturated heterocycles. The highest BCUT2D eigenvalue weighted by Crippen LogP contribution is 2.03. The van der Waals surface area contributed by atoms with Crippen LogP contribution in [-0.4, -0.2) is 40.1 Å². The minimum Gasteiger partial charge on any atom is -0.481 e. The van der Waals surface area contributed by atoms with Gasteiger partial charge >= 0.3 is 11.9 Å². The summed E-state index contributed by atoms with van der Waals surface area (Å²) in [6, 6.07) is 6.94. The van der Waals surface area contributed by atoms with E-state index in [1.54, 1.807) is 0 Å². The Balaban J connectivity index is 2.56. The van der Waals surface area contributed by atoms with Crippen LogP contribution in [0.1, 0.15) is 18.4 Å². The smallest absolute Gasteiger partial charge is 0.326 e. The van der Waals surface area contributed by atoms with Gasteiger partial charge in [-0.1, -0.05) is 30.3 Å². The van der Waals surface area contributed by atoms with Crippen LogP contribution in [-0.2, 0) is 20.8 Å². The summed E-state index contributed by atoms with van der Waals surface area (Å²) in [7, 11) is 0. The second-order valence-corrected chi connectivity index (χ2v) is 4.63. The highest BCUT2D eigenvalue weighted by molar-refractivity contribution is 5.87. The van der Waals surface area contributed by atoms with Gasteiger partial charge in [0, 0.05) is 6.42 Å². The van der Waals surface area contributed by atoms with Gasteiger partial charge in [-0.2, -0.15) is 0 Å². The molecule has 0 aliphatic carbocycles. The number of carboxylic acid groups (broad SMARTS) is 2. The van der Waals surface area contributed by atoms with E-state index in [0.29, 0.717) is 0 Å². The first-order valence-corrected chi connectivity index (χ1v) is 6.44. The van der Waals surface area contributed by atoms with Gasteiger partial charge in [0.2, 0.25) is 5.91 Å². The lowest BCUT2D eigenvalue weighted by atomic mass is 10.1. The number of nitrogens with one attached hydrogen (secondary N) is 1. The third-order valence-corrected chi connectivity index (χ3v) is 2.90. The molecule has 5 N–H and O–H groups in total. The van der Waals surface area contributed by atoms with Crippen molar-refractivity contribution >= 4 is 17.8 Å². The topological polar surface area (TPSA) is 130 Å². The second-order valence-electron chi connectivity index (χ2n) is 4.63. The highest BCUT2D eigenvalue weighted by atomic mass is 16.4. The van der Waals surface area contributed by atoms with E-state index in [9.17, 15) is 14.4 Å². The molecular formula is C14H18N2O5. The molecule has 0 spiro atoms. The third-order valence-electron chi connectivity index (χ3n) is 2.90. The second kappa shape index (κ2) is 8.01. The lowest BCUT2D eigenvalue weighted by molar-refractivity contribution is -0.143. The van der Waals surface area contributed by atoms with Gasteiger partial charge in [0.05, 0.1) is 6.04 Å². The Kier molecular flexibility index (Phi) is 6.35. The molecule has 0 radical (unpaired) electrons. The summed E-state index contributed by atoms with van der Waals surface area (Å²) in [6.07, 6.45) is -0.252. The molecule has 0 aliphatic heterocycles. The Morgan fingerprint density at radius 2 is 1.76 bits per heavy atom. The van der Waals surface area contributed by atoms with E-state index >= 15 is 0 Å². The van der Waals surface area contributed by atoms with Crippen molar-refractivity contribution in [3.05, 3.63) is 35.9 Å². The Bertz CT molecular complexity index is 503. The standard InChI is InChI=1S/C14H18N2O5/c15-10(8-9-4-2-1-3-5-9)13(19)16-11(14(20)21)6-7-12(17)18/h1-5,10-11H,6-8,15H2,(H,16,19)(H,17,18)(H,20,21)/t10-,11?/m1/s1. The number of carboxylic acids is 2. The minimum absolute atomic E-state index is 0.186. The fraction of sp³-hybridized carbons (Fsp3) is 0.357. The van der Waals surface area contributed by atoms with Crippen molar-refractivity contribution < 1.29 is 24.6 Å². The summed E-state index contributed by atoms with van der Waals surface area (Å²) in [5.41, 5.74) is 6.59. The summed E-state index contributed by atoms with van der Waals surface area (Å²) in [5, 5.41) is 19.8. The van der Waals surface area contributed by atoms with Gasteiger partial charge in [-0.3, -0.25) is 9.59 Å². The van der Waals surface area contributed by atoms with Gasteiger partial charge in [0.15, 0.2) is 0 Å². The number of nitrogens with two attached hydrogens (primary N) is 1. The fourth-order valence-corrected chi connectivity index (χ4v) is 1.76. The average Bonchev–Trinajstić information content (AvgIpc) is 2.43. The maximum absolute atomic E-state index is 11.9. The molecule has 0 aromatic heterocycles. The van der Waals surface area contributed by atoms with Gasteiger partial charge in [0.25, 0.3) is 0 Å². The van der Waals surface area contributed by atoms with E-state index in [0.717, 1.165) is 5.56 Å². The normalized spacial score (nSPS) is 13.2. The molecule has 0 fully saturated rings. The van der Waals surface area contributed by atoms with Crippen LogP contribution in [0.5, 0.6) is 0 Å². The summed E-state index contributed by atoms with van der Waals surface area (Å²) in [5.74, 6) is -3.02. The van der Waals surface area contributed by atoms with E-state index < -0.39 is 29.9 Å². The molecule has 2 atom stereocenters. The summed E-state index contributed by atoms with van der Waals surface area (Å²) < 4.78 is 0. The molecular weight excluding hydrogens is 276 g/mol. The molecule has 7 nitrogen and oxygen atoms in total. The van der Waals surface area contributed by atoms with Crippen LogP contribution in [0.25, 0.3) is 0 Å². The van der Waals surface area contributed by atoms with Crippen LogP contribution in [0.4, 0.5) is 0 Å². The number of carbonyl (C=O) groups is 3. The maximum atomic E-state index is 11.9. The van der Waals surface area contributed by atoms with Gasteiger partial charge < -0.3 is 21.3 Å². The molecule has 1 aromatic rings. The lowest BCUT2D eigenvalue weighted by Gasteiger charge is -2.17. The van der Waals surface area contributed by atoms with Crippen molar-refractivity contribution in [1.29, 1.82) is 0 Å². The zero-order valence-corrected chi connectivity index (χ0v) is 11.4. The van der Waals surface area contributed by atoms with Crippen molar-refractivity contribution in [2.75, 3.05) is 0 Å². The molecule has 1 aromatic carbocycles. The maximum Gasteiger partial charge on any atom is 0.326 e. The summed E-state index contributed by atoms with van der Waals surface area (Å²) >= 11 is 0. The number of carbonyl (C=O) groups excluding carboxylic acids is 1. The van der Waals surface area contributed by atoms with Crippen molar-refractivity contribution in [1.82, 2.24) is 5.32 Å². The monoisotopic (exact) mass is 294 g/mol. The number of benzene rings is 1. The van der Waals surface area contributed by atoms with Gasteiger partial charge in [-0.15, -0.1) is 0 Å². The Morgan fingerprint density at radius 1 is 1.14 bits per heavy atom. The Labute approximate surface area is 121 Å². The molecule has 21 heavy (non-hydrogen) atoms. The van der Waals surface area contributed by atoms with Gasteiger partial charge in [0.1, 0.15) is 6.04 Å². The van der Waals surface area contributed by atoms with E-state index in [2.05, 4.69) is 5.32 Å². The Hall–Kier alpha value is -2.41. The number of aliphatic carboxylic acids is 2. The molecule has 0 bridgehead atoms. The van der Waals surface area contributed by atoms with E-state index in [4.69, 9.17) is 15.9 Å². The Morgan fingerprint density at radius 3 is 2.29 bits per heavy atom. The third kappa shape index (κ3) is 6.05. The van der Waals surface area contributed by atoms with E-state index in [-0.39, 0.29) is 19.3 Å². The molecule has 0 aliphatic rings. The van der Waals surface area contributed by atoms with Gasteiger partial charge in [-0.05, 0) is 18.4 Å². The first kappa shape index (κ1) is 16.6. The van der Waals surface area contributed by atoms with Crippen molar-refractivity contribution in [3.8, 4) is 0 Å². The molecule has 0 heterocycles. The minimum atomic E-state index is -1.28. The van der Waals surface area contributed by atoms with Crippen LogP contribution in [0.15, 0.2) is 30.3 Å². The lowest BCUT2D eigenvalue weighted by Crippen LogP contribution is -2.49. The van der Waals surface area contributed by atoms with Crippen LogP contribution < -0.4 is 11.1 Å². The van der Waals surface area contributed by atoms with E-state index in [1.165, 1.54) is 0 Å². The highest BCUT2D eigenvalue weighted by Gasteiger charge is 2.23. The molecule has 1 rings (SSSR count). The van der Waals surface area contributed by atoms with Crippen molar-refractivity contribution in [2.24, 2.45) is 5.73 Å². The largest absolute Gasteiger partial charge is 0.481 e. The number of hydrogen-bond donors (Lipinski definition) is 4. The zero-order chi connectivity index (χ0) is 15.8. The predicted octanol–water partition coefficient (Wildman–Crippen LogP) is -0.00940. The number of amides is 1. The van der Waals surface area contributed by atoms with Gasteiger partial charge in [-0.25, -0.2) is 4.79 Å². The molecule has 1 unspecified atom stereocenters.